The van der Waals surface area contributed by atoms with Crippen molar-refractivity contribution in [2.75, 3.05) is 14.2 Å². The molecule has 9 nitrogen and oxygen atoms in total. The van der Waals surface area contributed by atoms with Gasteiger partial charge in [0.1, 0.15) is 0 Å². The molecule has 1 fully saturated rings. The van der Waals surface area contributed by atoms with E-state index in [1.54, 1.807) is 27.0 Å². The van der Waals surface area contributed by atoms with Crippen molar-refractivity contribution in [2.24, 2.45) is 0 Å². The average molecular weight is 429 g/mol. The van der Waals surface area contributed by atoms with Crippen molar-refractivity contribution in [2.45, 2.75) is 51.6 Å². The predicted molar refractivity (Wildman–Crippen MR) is 113 cm³/mol. The summed E-state index contributed by atoms with van der Waals surface area (Å²) in [6, 6.07) is 5.95. The van der Waals surface area contributed by atoms with Crippen molar-refractivity contribution in [3.05, 3.63) is 62.5 Å². The fourth-order valence-corrected chi connectivity index (χ4v) is 4.24. The lowest BCUT2D eigenvalue weighted by molar-refractivity contribution is -0.384. The summed E-state index contributed by atoms with van der Waals surface area (Å²) in [4.78, 5) is 42.8. The van der Waals surface area contributed by atoms with Gasteiger partial charge < -0.3 is 10.1 Å². The highest BCUT2D eigenvalue weighted by Crippen LogP contribution is 2.40. The number of allylic oxidation sites excluding steroid dienone is 2. The molecule has 0 spiro atoms. The molecule has 3 rings (SSSR count). The molecule has 9 heteroatoms. The Labute approximate surface area is 180 Å². The molecule has 1 atom stereocenters. The highest BCUT2D eigenvalue weighted by molar-refractivity contribution is 6.01. The first kappa shape index (κ1) is 22.5. The Morgan fingerprint density at radius 1 is 1.16 bits per heavy atom. The maximum Gasteiger partial charge on any atom is 0.336 e. The van der Waals surface area contributed by atoms with E-state index in [2.05, 4.69) is 5.32 Å². The normalized spacial score (nSPS) is 19.3. The molecule has 1 heterocycles. The number of dihydropyridines is 1. The number of hydroxylamine groups is 2. The number of nitrogens with zero attached hydrogens (tertiary/aromatic N) is 2. The number of rotatable bonds is 6. The number of non-ortho nitro benzene ring substituents is 1. The second kappa shape index (κ2) is 9.30. The maximum absolute atomic E-state index is 13.5. The van der Waals surface area contributed by atoms with Gasteiger partial charge in [0.15, 0.2) is 0 Å². The standard InChI is InChI=1S/C22H27N3O6/c1-13-18(21(26)24(3)31-17-10-5-6-11-17)20(19(14(2)23-13)22(27)30-4)15-8-7-9-16(12-15)25(28)29/h7-9,12,17,20,23H,5-6,10-11H2,1-4H3. The summed E-state index contributed by atoms with van der Waals surface area (Å²) < 4.78 is 4.97. The molecule has 1 aliphatic carbocycles. The van der Waals surface area contributed by atoms with Gasteiger partial charge in [-0.05, 0) is 32.3 Å². The number of benzene rings is 1. The number of hydrogen-bond donors (Lipinski definition) is 1. The molecule has 31 heavy (non-hydrogen) atoms. The third kappa shape index (κ3) is 4.61. The van der Waals surface area contributed by atoms with Crippen LogP contribution in [0.1, 0.15) is 51.0 Å². The first-order valence-electron chi connectivity index (χ1n) is 10.2. The third-order valence-electron chi connectivity index (χ3n) is 5.71. The molecule has 2 aliphatic rings. The molecule has 1 aliphatic heterocycles. The minimum Gasteiger partial charge on any atom is -0.466 e. The molecule has 1 N–H and O–H groups in total. The van der Waals surface area contributed by atoms with E-state index in [0.717, 1.165) is 25.7 Å². The Morgan fingerprint density at radius 2 is 1.81 bits per heavy atom. The molecule has 1 saturated carbocycles. The zero-order valence-corrected chi connectivity index (χ0v) is 18.1. The lowest BCUT2D eigenvalue weighted by Crippen LogP contribution is -2.38. The Hall–Kier alpha value is -3.20. The van der Waals surface area contributed by atoms with Crippen LogP contribution in [-0.4, -0.2) is 42.1 Å². The molecule has 1 unspecified atom stereocenters. The molecule has 166 valence electrons. The molecule has 0 saturated heterocycles. The van der Waals surface area contributed by atoms with Crippen molar-refractivity contribution >= 4 is 17.6 Å². The number of nitro benzene ring substituents is 1. The highest BCUT2D eigenvalue weighted by atomic mass is 16.7. The van der Waals surface area contributed by atoms with Crippen LogP contribution in [0, 0.1) is 10.1 Å². The summed E-state index contributed by atoms with van der Waals surface area (Å²) in [5, 5.41) is 15.6. The first-order chi connectivity index (χ1) is 14.7. The van der Waals surface area contributed by atoms with Crippen LogP contribution in [-0.2, 0) is 19.2 Å². The minimum absolute atomic E-state index is 0.0278. The van der Waals surface area contributed by atoms with Gasteiger partial charge in [0.2, 0.25) is 0 Å². The van der Waals surface area contributed by atoms with E-state index in [1.165, 1.54) is 30.4 Å². The number of nitrogens with one attached hydrogen (secondary N) is 1. The van der Waals surface area contributed by atoms with Crippen LogP contribution in [0.2, 0.25) is 0 Å². The van der Waals surface area contributed by atoms with Crippen LogP contribution >= 0.6 is 0 Å². The van der Waals surface area contributed by atoms with Crippen molar-refractivity contribution in [3.63, 3.8) is 0 Å². The zero-order valence-electron chi connectivity index (χ0n) is 18.1. The summed E-state index contributed by atoms with van der Waals surface area (Å²) in [6.45, 7) is 3.44. The van der Waals surface area contributed by atoms with Gasteiger partial charge in [0.25, 0.3) is 11.6 Å². The van der Waals surface area contributed by atoms with Gasteiger partial charge in [-0.3, -0.25) is 19.7 Å². The fraction of sp³-hybridized carbons (Fsp3) is 0.455. The van der Waals surface area contributed by atoms with Gasteiger partial charge in [-0.15, -0.1) is 0 Å². The quantitative estimate of drug-likeness (QED) is 0.419. The van der Waals surface area contributed by atoms with Gasteiger partial charge in [-0.1, -0.05) is 25.0 Å². The summed E-state index contributed by atoms with van der Waals surface area (Å²) >= 11 is 0. The molecule has 1 amide bonds. The van der Waals surface area contributed by atoms with Gasteiger partial charge in [-0.25, -0.2) is 9.86 Å². The first-order valence-corrected chi connectivity index (χ1v) is 10.2. The largest absolute Gasteiger partial charge is 0.466 e. The average Bonchev–Trinajstić information content (AvgIpc) is 3.25. The van der Waals surface area contributed by atoms with E-state index < -0.39 is 22.7 Å². The highest BCUT2D eigenvalue weighted by Gasteiger charge is 2.39. The number of amides is 1. The molecule has 0 bridgehead atoms. The number of carbonyl (C=O) groups excluding carboxylic acids is 2. The number of ether oxygens (including phenoxy) is 1. The summed E-state index contributed by atoms with van der Waals surface area (Å²) in [5.41, 5.74) is 1.91. The second-order valence-corrected chi connectivity index (χ2v) is 7.79. The summed E-state index contributed by atoms with van der Waals surface area (Å²) in [7, 11) is 2.81. The summed E-state index contributed by atoms with van der Waals surface area (Å²) in [5.74, 6) is -1.86. The van der Waals surface area contributed by atoms with Gasteiger partial charge >= 0.3 is 5.97 Å². The predicted octanol–water partition coefficient (Wildman–Crippen LogP) is 3.34. The maximum atomic E-state index is 13.5. The van der Waals surface area contributed by atoms with E-state index in [1.807, 2.05) is 0 Å². The lowest BCUT2D eigenvalue weighted by Gasteiger charge is -2.32. The topological polar surface area (TPSA) is 111 Å². The monoisotopic (exact) mass is 429 g/mol. The number of nitro groups is 1. The van der Waals surface area contributed by atoms with Crippen molar-refractivity contribution in [1.82, 2.24) is 10.4 Å². The lowest BCUT2D eigenvalue weighted by atomic mass is 9.80. The second-order valence-electron chi connectivity index (χ2n) is 7.79. The van der Waals surface area contributed by atoms with Crippen molar-refractivity contribution in [3.8, 4) is 0 Å². The number of carbonyl (C=O) groups is 2. The van der Waals surface area contributed by atoms with Crippen LogP contribution in [0.4, 0.5) is 5.69 Å². The van der Waals surface area contributed by atoms with E-state index in [0.29, 0.717) is 17.0 Å². The van der Waals surface area contributed by atoms with Gasteiger partial charge in [0.05, 0.1) is 35.2 Å². The number of likely N-dealkylation sites (N-methyl/N-ethyl adjacent to an activating group) is 1. The van der Waals surface area contributed by atoms with Crippen molar-refractivity contribution in [1.29, 1.82) is 0 Å². The number of methoxy groups -OCH3 is 1. The van der Waals surface area contributed by atoms with Gasteiger partial charge in [0, 0.05) is 30.6 Å². The van der Waals surface area contributed by atoms with Crippen LogP contribution in [0.25, 0.3) is 0 Å². The molecular weight excluding hydrogens is 402 g/mol. The number of esters is 1. The summed E-state index contributed by atoms with van der Waals surface area (Å²) in [6.07, 6.45) is 3.85. The Balaban J connectivity index is 2.07. The molecular formula is C22H27N3O6. The van der Waals surface area contributed by atoms with Gasteiger partial charge in [-0.2, -0.15) is 0 Å². The Morgan fingerprint density at radius 3 is 2.42 bits per heavy atom. The molecule has 1 aromatic carbocycles. The van der Waals surface area contributed by atoms with E-state index in [4.69, 9.17) is 9.57 Å². The Kier molecular flexibility index (Phi) is 6.74. The Bertz CT molecular complexity index is 962. The van der Waals surface area contributed by atoms with Crippen LogP contribution < -0.4 is 5.32 Å². The van der Waals surface area contributed by atoms with Crippen LogP contribution in [0.3, 0.4) is 0 Å². The van der Waals surface area contributed by atoms with E-state index in [-0.39, 0.29) is 22.9 Å². The van der Waals surface area contributed by atoms with Crippen LogP contribution in [0.15, 0.2) is 46.8 Å². The number of hydrogen-bond acceptors (Lipinski definition) is 7. The zero-order chi connectivity index (χ0) is 22.7. The van der Waals surface area contributed by atoms with Crippen molar-refractivity contribution < 1.29 is 24.1 Å². The minimum atomic E-state index is -0.837. The molecule has 0 aromatic heterocycles. The van der Waals surface area contributed by atoms with Crippen LogP contribution in [0.5, 0.6) is 0 Å². The SMILES string of the molecule is COC(=O)C1=C(C)NC(C)=C(C(=O)N(C)OC2CCCC2)C1c1cccc([N+](=O)[O-])c1. The van der Waals surface area contributed by atoms with E-state index in [9.17, 15) is 19.7 Å². The fourth-order valence-electron chi connectivity index (χ4n) is 4.24. The molecule has 1 aromatic rings. The third-order valence-corrected chi connectivity index (χ3v) is 5.71. The smallest absolute Gasteiger partial charge is 0.336 e. The van der Waals surface area contributed by atoms with E-state index >= 15 is 0 Å². The molecule has 0 radical (unpaired) electrons.